The number of benzene rings is 1. The molecule has 0 radical (unpaired) electrons. The van der Waals surface area contributed by atoms with E-state index in [-0.39, 0.29) is 16.9 Å². The fourth-order valence-corrected chi connectivity index (χ4v) is 3.02. The average Bonchev–Trinajstić information content (AvgIpc) is 3.05. The van der Waals surface area contributed by atoms with Crippen molar-refractivity contribution in [3.05, 3.63) is 57.3 Å². The molecule has 1 amide bonds. The first kappa shape index (κ1) is 18.0. The number of nitrogens with one attached hydrogen (secondary N) is 1. The third kappa shape index (κ3) is 3.04. The number of pyridine rings is 1. The molecule has 0 bridgehead atoms. The molecule has 1 aromatic carbocycles. The van der Waals surface area contributed by atoms with Crippen LogP contribution in [0.5, 0.6) is 5.75 Å². The maximum absolute atomic E-state index is 14.1. The van der Waals surface area contributed by atoms with Crippen LogP contribution in [0.1, 0.15) is 28.0 Å². The number of carbonyl (C=O) groups is 1. The summed E-state index contributed by atoms with van der Waals surface area (Å²) in [5, 5.41) is 2.15. The van der Waals surface area contributed by atoms with Gasteiger partial charge in [-0.15, -0.1) is 0 Å². The van der Waals surface area contributed by atoms with Gasteiger partial charge in [-0.05, 0) is 25.0 Å². The van der Waals surface area contributed by atoms with Crippen molar-refractivity contribution in [1.29, 1.82) is 0 Å². The number of anilines is 1. The van der Waals surface area contributed by atoms with Crippen molar-refractivity contribution >= 4 is 11.6 Å². The number of carbonyl (C=O) groups excluding carboxylic acids is 1. The van der Waals surface area contributed by atoms with Crippen LogP contribution in [-0.4, -0.2) is 17.6 Å². The van der Waals surface area contributed by atoms with Crippen LogP contribution in [0.2, 0.25) is 0 Å². The molecule has 138 valence electrons. The lowest BCUT2D eigenvalue weighted by atomic mass is 10.1. The van der Waals surface area contributed by atoms with Gasteiger partial charge in [-0.2, -0.15) is 13.2 Å². The van der Waals surface area contributed by atoms with Crippen molar-refractivity contribution in [2.24, 2.45) is 0 Å². The fraction of sp³-hybridized carbons (Fsp3) is 0.294. The Morgan fingerprint density at radius 3 is 2.69 bits per heavy atom. The molecule has 0 saturated carbocycles. The largest absolute Gasteiger partial charge is 0.496 e. The molecule has 3 rings (SSSR count). The van der Waals surface area contributed by atoms with E-state index < -0.39 is 29.2 Å². The highest BCUT2D eigenvalue weighted by Gasteiger charge is 2.35. The quantitative estimate of drug-likeness (QED) is 0.844. The van der Waals surface area contributed by atoms with Gasteiger partial charge in [-0.1, -0.05) is 6.07 Å². The van der Waals surface area contributed by atoms with Crippen LogP contribution in [0.25, 0.3) is 0 Å². The molecule has 2 heterocycles. The van der Waals surface area contributed by atoms with E-state index in [1.807, 2.05) is 0 Å². The Kier molecular flexibility index (Phi) is 4.47. The first-order valence-corrected chi connectivity index (χ1v) is 7.71. The molecule has 0 fully saturated rings. The molecule has 1 aliphatic rings. The first-order chi connectivity index (χ1) is 12.2. The smallest absolute Gasteiger partial charge is 0.419 e. The van der Waals surface area contributed by atoms with Gasteiger partial charge in [0.2, 0.25) is 0 Å². The fourth-order valence-electron chi connectivity index (χ4n) is 3.02. The van der Waals surface area contributed by atoms with E-state index in [1.165, 1.54) is 11.7 Å². The molecule has 0 saturated heterocycles. The molecule has 5 nitrogen and oxygen atoms in total. The zero-order chi connectivity index (χ0) is 19.1. The Bertz CT molecular complexity index is 935. The van der Waals surface area contributed by atoms with E-state index >= 15 is 0 Å². The minimum Gasteiger partial charge on any atom is -0.496 e. The van der Waals surface area contributed by atoms with Crippen molar-refractivity contribution in [3.63, 3.8) is 0 Å². The summed E-state index contributed by atoms with van der Waals surface area (Å²) in [4.78, 5) is 24.6. The van der Waals surface area contributed by atoms with Crippen molar-refractivity contribution in [2.75, 3.05) is 12.4 Å². The predicted octanol–water partition coefficient (Wildman–Crippen LogP) is 3.21. The zero-order valence-electron chi connectivity index (χ0n) is 13.6. The molecule has 9 heteroatoms. The Balaban J connectivity index is 2.03. The molecule has 0 spiro atoms. The Morgan fingerprint density at radius 1 is 1.31 bits per heavy atom. The van der Waals surface area contributed by atoms with E-state index in [4.69, 9.17) is 4.74 Å². The van der Waals surface area contributed by atoms with Crippen LogP contribution in [0.4, 0.5) is 23.2 Å². The van der Waals surface area contributed by atoms with Gasteiger partial charge in [-0.3, -0.25) is 9.59 Å². The molecule has 26 heavy (non-hydrogen) atoms. The number of nitrogens with zero attached hydrogens (tertiary/aromatic N) is 1. The molecular weight excluding hydrogens is 356 g/mol. The maximum Gasteiger partial charge on any atom is 0.419 e. The molecule has 0 atom stereocenters. The Morgan fingerprint density at radius 2 is 2.04 bits per heavy atom. The lowest BCUT2D eigenvalue weighted by Gasteiger charge is -2.16. The molecule has 2 aromatic rings. The number of alkyl halides is 3. The first-order valence-electron chi connectivity index (χ1n) is 7.71. The summed E-state index contributed by atoms with van der Waals surface area (Å²) < 4.78 is 59.1. The minimum absolute atomic E-state index is 0.00645. The van der Waals surface area contributed by atoms with E-state index in [9.17, 15) is 27.2 Å². The second-order valence-corrected chi connectivity index (χ2v) is 5.75. The third-order valence-electron chi connectivity index (χ3n) is 4.18. The van der Waals surface area contributed by atoms with Crippen LogP contribution in [0, 0.1) is 5.82 Å². The summed E-state index contributed by atoms with van der Waals surface area (Å²) in [7, 11) is 1.27. The SMILES string of the molecule is COc1cc(=O)n2c(c1C(=O)Nc1cccc(C(F)(F)F)c1F)CCC2. The maximum atomic E-state index is 14.1. The number of amides is 1. The molecule has 1 N–H and O–H groups in total. The number of methoxy groups -OCH3 is 1. The van der Waals surface area contributed by atoms with Crippen LogP contribution in [-0.2, 0) is 19.1 Å². The van der Waals surface area contributed by atoms with Crippen LogP contribution >= 0.6 is 0 Å². The number of hydrogen-bond donors (Lipinski definition) is 1. The third-order valence-corrected chi connectivity index (χ3v) is 4.18. The number of halogens is 4. The number of ether oxygens (including phenoxy) is 1. The zero-order valence-corrected chi connectivity index (χ0v) is 13.6. The predicted molar refractivity (Wildman–Crippen MR) is 84.9 cm³/mol. The summed E-state index contributed by atoms with van der Waals surface area (Å²) in [6.07, 6.45) is -3.81. The number of rotatable bonds is 3. The van der Waals surface area contributed by atoms with Crippen LogP contribution in [0.3, 0.4) is 0 Å². The molecule has 0 aliphatic carbocycles. The summed E-state index contributed by atoms with van der Waals surface area (Å²) >= 11 is 0. The standard InChI is InChI=1S/C17H14F4N2O3/c1-26-12-8-13(24)23-7-3-6-11(23)14(12)16(25)22-10-5-2-4-9(15(10)18)17(19,20)21/h2,4-5,8H,3,6-7H2,1H3,(H,22,25). The van der Waals surface area contributed by atoms with Crippen molar-refractivity contribution in [3.8, 4) is 5.75 Å². The monoisotopic (exact) mass is 370 g/mol. The van der Waals surface area contributed by atoms with Gasteiger partial charge in [0.25, 0.3) is 11.5 Å². The van der Waals surface area contributed by atoms with Crippen molar-refractivity contribution in [1.82, 2.24) is 4.57 Å². The topological polar surface area (TPSA) is 60.3 Å². The lowest BCUT2D eigenvalue weighted by molar-refractivity contribution is -0.139. The van der Waals surface area contributed by atoms with E-state index in [0.717, 1.165) is 18.2 Å². The second kappa shape index (κ2) is 6.47. The summed E-state index contributed by atoms with van der Waals surface area (Å²) in [5.41, 5.74) is -1.98. The van der Waals surface area contributed by atoms with E-state index in [0.29, 0.717) is 31.1 Å². The van der Waals surface area contributed by atoms with Crippen molar-refractivity contribution in [2.45, 2.75) is 25.6 Å². The van der Waals surface area contributed by atoms with Gasteiger partial charge in [0.05, 0.1) is 18.4 Å². The molecular formula is C17H14F4N2O3. The van der Waals surface area contributed by atoms with Gasteiger partial charge < -0.3 is 14.6 Å². The highest BCUT2D eigenvalue weighted by Crippen LogP contribution is 2.34. The molecule has 1 aliphatic heterocycles. The Hall–Kier alpha value is -2.84. The minimum atomic E-state index is -4.89. The average molecular weight is 370 g/mol. The Labute approximate surface area is 145 Å². The summed E-state index contributed by atoms with van der Waals surface area (Å²) in [6.45, 7) is 0.427. The summed E-state index contributed by atoms with van der Waals surface area (Å²) in [6, 6.07) is 3.75. The van der Waals surface area contributed by atoms with Gasteiger partial charge in [0.15, 0.2) is 5.82 Å². The molecule has 1 aromatic heterocycles. The highest BCUT2D eigenvalue weighted by molar-refractivity contribution is 6.07. The van der Waals surface area contributed by atoms with Gasteiger partial charge in [-0.25, -0.2) is 4.39 Å². The van der Waals surface area contributed by atoms with E-state index in [1.54, 1.807) is 0 Å². The van der Waals surface area contributed by atoms with Gasteiger partial charge in [0.1, 0.15) is 11.3 Å². The number of hydrogen-bond acceptors (Lipinski definition) is 3. The summed E-state index contributed by atoms with van der Waals surface area (Å²) in [5.74, 6) is -2.42. The van der Waals surface area contributed by atoms with E-state index in [2.05, 4.69) is 5.32 Å². The number of aromatic nitrogens is 1. The normalized spacial score (nSPS) is 13.4. The molecule has 0 unspecified atom stereocenters. The van der Waals surface area contributed by atoms with Gasteiger partial charge in [0, 0.05) is 18.3 Å². The van der Waals surface area contributed by atoms with Crippen LogP contribution in [0.15, 0.2) is 29.1 Å². The lowest BCUT2D eigenvalue weighted by Crippen LogP contribution is -2.25. The van der Waals surface area contributed by atoms with Gasteiger partial charge >= 0.3 is 6.18 Å². The highest BCUT2D eigenvalue weighted by atomic mass is 19.4. The second-order valence-electron chi connectivity index (χ2n) is 5.75. The van der Waals surface area contributed by atoms with Crippen LogP contribution < -0.4 is 15.6 Å². The number of fused-ring (bicyclic) bond motifs is 1. The van der Waals surface area contributed by atoms with Crippen molar-refractivity contribution < 1.29 is 27.1 Å².